The summed E-state index contributed by atoms with van der Waals surface area (Å²) in [6.45, 7) is 2.12. The van der Waals surface area contributed by atoms with E-state index in [1.165, 1.54) is 4.88 Å². The third-order valence-electron chi connectivity index (χ3n) is 4.34. The van der Waals surface area contributed by atoms with E-state index in [1.54, 1.807) is 18.3 Å². The number of carbonyl (C=O) groups excluding carboxylic acids is 2. The van der Waals surface area contributed by atoms with E-state index in [1.807, 2.05) is 72.1 Å². The maximum absolute atomic E-state index is 12.1. The molecule has 0 aliphatic rings. The van der Waals surface area contributed by atoms with Crippen molar-refractivity contribution < 1.29 is 14.3 Å². The Labute approximate surface area is 169 Å². The van der Waals surface area contributed by atoms with Crippen LogP contribution >= 0.6 is 11.3 Å². The van der Waals surface area contributed by atoms with Gasteiger partial charge in [0, 0.05) is 11.4 Å². The summed E-state index contributed by atoms with van der Waals surface area (Å²) in [6.07, 6.45) is 0.110. The highest BCUT2D eigenvalue weighted by atomic mass is 32.1. The predicted molar refractivity (Wildman–Crippen MR) is 112 cm³/mol. The first kappa shape index (κ1) is 19.8. The van der Waals surface area contributed by atoms with Crippen LogP contribution in [0.25, 0.3) is 11.1 Å². The molecule has 1 N–H and O–H groups in total. The third kappa shape index (κ3) is 5.79. The smallest absolute Gasteiger partial charge is 0.311 e. The van der Waals surface area contributed by atoms with E-state index in [0.29, 0.717) is 6.54 Å². The van der Waals surface area contributed by atoms with Crippen molar-refractivity contribution in [2.75, 3.05) is 6.54 Å². The summed E-state index contributed by atoms with van der Waals surface area (Å²) >= 11 is 1.66. The fourth-order valence-electron chi connectivity index (χ4n) is 2.81. The molecule has 0 aliphatic carbocycles. The van der Waals surface area contributed by atoms with Crippen molar-refractivity contribution in [2.24, 2.45) is 0 Å². The van der Waals surface area contributed by atoms with Gasteiger partial charge in [-0.2, -0.15) is 0 Å². The summed E-state index contributed by atoms with van der Waals surface area (Å²) < 4.78 is 5.27. The summed E-state index contributed by atoms with van der Waals surface area (Å²) in [7, 11) is 0. The molecule has 144 valence electrons. The molecule has 3 rings (SSSR count). The van der Waals surface area contributed by atoms with Crippen molar-refractivity contribution in [3.8, 4) is 11.1 Å². The molecule has 0 saturated carbocycles. The van der Waals surface area contributed by atoms with Gasteiger partial charge in [0.15, 0.2) is 6.10 Å². The van der Waals surface area contributed by atoms with Gasteiger partial charge in [-0.3, -0.25) is 9.59 Å². The van der Waals surface area contributed by atoms with Crippen LogP contribution in [0.5, 0.6) is 0 Å². The molecule has 1 aromatic heterocycles. The zero-order valence-corrected chi connectivity index (χ0v) is 16.6. The topological polar surface area (TPSA) is 55.4 Å². The molecule has 0 fully saturated rings. The maximum Gasteiger partial charge on any atom is 0.311 e. The van der Waals surface area contributed by atoms with Crippen LogP contribution in [0.15, 0.2) is 72.1 Å². The molecule has 4 nitrogen and oxygen atoms in total. The Balaban J connectivity index is 1.44. The highest BCUT2D eigenvalue weighted by Gasteiger charge is 2.17. The van der Waals surface area contributed by atoms with Crippen molar-refractivity contribution >= 4 is 23.2 Å². The zero-order chi connectivity index (χ0) is 19.8. The van der Waals surface area contributed by atoms with Crippen molar-refractivity contribution in [1.29, 1.82) is 0 Å². The lowest BCUT2D eigenvalue weighted by molar-refractivity contribution is -0.154. The van der Waals surface area contributed by atoms with Crippen LogP contribution in [0.2, 0.25) is 0 Å². The number of hydrogen-bond acceptors (Lipinski definition) is 4. The van der Waals surface area contributed by atoms with Gasteiger partial charge in [-0.05, 0) is 41.5 Å². The van der Waals surface area contributed by atoms with E-state index in [-0.39, 0.29) is 12.3 Å². The number of thiophene rings is 1. The summed E-state index contributed by atoms with van der Waals surface area (Å²) in [5.74, 6) is -0.683. The summed E-state index contributed by atoms with van der Waals surface area (Å²) in [5.41, 5.74) is 3.08. The van der Waals surface area contributed by atoms with E-state index in [9.17, 15) is 9.59 Å². The average molecular weight is 394 g/mol. The second kappa shape index (κ2) is 9.85. The maximum atomic E-state index is 12.1. The normalized spacial score (nSPS) is 11.6. The van der Waals surface area contributed by atoms with Crippen LogP contribution < -0.4 is 5.32 Å². The molecule has 1 atom stereocenters. The van der Waals surface area contributed by atoms with E-state index < -0.39 is 12.1 Å². The van der Waals surface area contributed by atoms with Crippen LogP contribution in [0.3, 0.4) is 0 Å². The molecule has 0 bridgehead atoms. The minimum Gasteiger partial charge on any atom is -0.452 e. The Morgan fingerprint density at radius 2 is 1.68 bits per heavy atom. The van der Waals surface area contributed by atoms with Gasteiger partial charge in [-0.25, -0.2) is 0 Å². The molecule has 1 amide bonds. The van der Waals surface area contributed by atoms with Crippen molar-refractivity contribution in [3.05, 3.63) is 82.6 Å². The second-order valence-electron chi connectivity index (χ2n) is 6.49. The SMILES string of the molecule is C[C@@H](OC(=O)Cc1ccc(-c2ccccc2)cc1)C(=O)NCCc1cccs1. The molecular weight excluding hydrogens is 370 g/mol. The van der Waals surface area contributed by atoms with Crippen LogP contribution in [-0.4, -0.2) is 24.5 Å². The van der Waals surface area contributed by atoms with Gasteiger partial charge >= 0.3 is 5.97 Å². The standard InChI is InChI=1S/C23H23NO3S/c1-17(23(26)24-14-13-21-8-5-15-28-21)27-22(25)16-18-9-11-20(12-10-18)19-6-3-2-4-7-19/h2-12,15,17H,13-14,16H2,1H3,(H,24,26)/t17-/m1/s1. The fraction of sp³-hybridized carbons (Fsp3) is 0.217. The molecular formula is C23H23NO3S. The minimum absolute atomic E-state index is 0.141. The first-order valence-electron chi connectivity index (χ1n) is 9.26. The lowest BCUT2D eigenvalue weighted by Gasteiger charge is -2.13. The Hall–Kier alpha value is -2.92. The fourth-order valence-corrected chi connectivity index (χ4v) is 3.52. The zero-order valence-electron chi connectivity index (χ0n) is 15.8. The largest absolute Gasteiger partial charge is 0.452 e. The van der Waals surface area contributed by atoms with E-state index >= 15 is 0 Å². The first-order chi connectivity index (χ1) is 13.6. The first-order valence-corrected chi connectivity index (χ1v) is 10.1. The number of amides is 1. The Morgan fingerprint density at radius 3 is 2.36 bits per heavy atom. The van der Waals surface area contributed by atoms with Crippen LogP contribution in [0.1, 0.15) is 17.4 Å². The average Bonchev–Trinajstić information content (AvgIpc) is 3.22. The number of esters is 1. The molecule has 0 aliphatic heterocycles. The van der Waals surface area contributed by atoms with Crippen molar-refractivity contribution in [1.82, 2.24) is 5.32 Å². The molecule has 0 spiro atoms. The lowest BCUT2D eigenvalue weighted by Crippen LogP contribution is -2.37. The highest BCUT2D eigenvalue weighted by molar-refractivity contribution is 7.09. The predicted octanol–water partition coefficient (Wildman–Crippen LogP) is 4.25. The van der Waals surface area contributed by atoms with Crippen LogP contribution in [-0.2, 0) is 27.2 Å². The highest BCUT2D eigenvalue weighted by Crippen LogP contribution is 2.19. The Kier molecular flexibility index (Phi) is 6.98. The van der Waals surface area contributed by atoms with Gasteiger partial charge in [0.1, 0.15) is 0 Å². The molecule has 1 heterocycles. The Morgan fingerprint density at radius 1 is 0.964 bits per heavy atom. The number of hydrogen-bond donors (Lipinski definition) is 1. The number of benzene rings is 2. The molecule has 28 heavy (non-hydrogen) atoms. The summed E-state index contributed by atoms with van der Waals surface area (Å²) in [4.78, 5) is 25.4. The van der Waals surface area contributed by atoms with Crippen molar-refractivity contribution in [3.63, 3.8) is 0 Å². The molecule has 5 heteroatoms. The third-order valence-corrected chi connectivity index (χ3v) is 5.27. The summed E-state index contributed by atoms with van der Waals surface area (Å²) in [6, 6.07) is 21.9. The molecule has 3 aromatic rings. The van der Waals surface area contributed by atoms with Gasteiger partial charge in [-0.1, -0.05) is 60.7 Å². The number of carbonyl (C=O) groups is 2. The van der Waals surface area contributed by atoms with Gasteiger partial charge < -0.3 is 10.1 Å². The summed E-state index contributed by atoms with van der Waals surface area (Å²) in [5, 5.41) is 4.81. The van der Waals surface area contributed by atoms with Gasteiger partial charge in [0.2, 0.25) is 0 Å². The van der Waals surface area contributed by atoms with E-state index in [4.69, 9.17) is 4.74 Å². The minimum atomic E-state index is -0.806. The lowest BCUT2D eigenvalue weighted by atomic mass is 10.0. The van der Waals surface area contributed by atoms with Crippen molar-refractivity contribution in [2.45, 2.75) is 25.9 Å². The monoisotopic (exact) mass is 393 g/mol. The van der Waals surface area contributed by atoms with Gasteiger partial charge in [0.05, 0.1) is 6.42 Å². The van der Waals surface area contributed by atoms with Crippen LogP contribution in [0.4, 0.5) is 0 Å². The molecule has 0 radical (unpaired) electrons. The second-order valence-corrected chi connectivity index (χ2v) is 7.52. The number of rotatable bonds is 8. The molecule has 2 aromatic carbocycles. The van der Waals surface area contributed by atoms with E-state index in [0.717, 1.165) is 23.1 Å². The van der Waals surface area contributed by atoms with E-state index in [2.05, 4.69) is 5.32 Å². The number of ether oxygens (including phenoxy) is 1. The molecule has 0 unspecified atom stereocenters. The number of nitrogens with one attached hydrogen (secondary N) is 1. The Bertz CT molecular complexity index is 889. The van der Waals surface area contributed by atoms with Gasteiger partial charge in [-0.15, -0.1) is 11.3 Å². The molecule has 0 saturated heterocycles. The quantitative estimate of drug-likeness (QED) is 0.582. The van der Waals surface area contributed by atoms with Crippen LogP contribution in [0, 0.1) is 0 Å². The van der Waals surface area contributed by atoms with Gasteiger partial charge in [0.25, 0.3) is 5.91 Å².